The molecule has 15 heavy (non-hydrogen) atoms. The molecule has 1 aromatic rings. The van der Waals surface area contributed by atoms with E-state index in [1.54, 1.807) is 0 Å². The molecule has 0 amide bonds. The maximum atomic E-state index is 12.4. The van der Waals surface area contributed by atoms with E-state index in [-0.39, 0.29) is 5.69 Å². The number of likely N-dealkylation sites (tertiary alicyclic amines) is 1. The van der Waals surface area contributed by atoms with E-state index >= 15 is 0 Å². The molecule has 0 saturated carbocycles. The van der Waals surface area contributed by atoms with Crippen LogP contribution in [0.1, 0.15) is 30.5 Å². The number of rotatable bonds is 3. The zero-order valence-electron chi connectivity index (χ0n) is 8.50. The third kappa shape index (κ3) is 2.72. The van der Waals surface area contributed by atoms with Crippen LogP contribution in [-0.2, 0) is 6.54 Å². The highest BCUT2D eigenvalue weighted by molar-refractivity contribution is 5.17. The van der Waals surface area contributed by atoms with Gasteiger partial charge in [-0.3, -0.25) is 9.88 Å². The Morgan fingerprint density at radius 3 is 2.73 bits per heavy atom. The Labute approximate surface area is 87.9 Å². The van der Waals surface area contributed by atoms with Gasteiger partial charge in [0.1, 0.15) is 5.69 Å². The van der Waals surface area contributed by atoms with Crippen molar-refractivity contribution >= 4 is 0 Å². The fraction of sp³-hybridized carbons (Fsp3) is 0.545. The Bertz CT molecular complexity index is 322. The summed E-state index contributed by atoms with van der Waals surface area (Å²) < 4.78 is 24.8. The summed E-state index contributed by atoms with van der Waals surface area (Å²) >= 11 is 0. The smallest absolute Gasteiger partial charge is 0.280 e. The predicted octanol–water partition coefficient (Wildman–Crippen LogP) is 2.62. The molecule has 1 saturated heterocycles. The van der Waals surface area contributed by atoms with Gasteiger partial charge in [0.2, 0.25) is 0 Å². The summed E-state index contributed by atoms with van der Waals surface area (Å²) in [6.07, 6.45) is 1.43. The zero-order chi connectivity index (χ0) is 10.7. The lowest BCUT2D eigenvalue weighted by atomic mass is 10.2. The second-order valence-electron chi connectivity index (χ2n) is 3.87. The van der Waals surface area contributed by atoms with Crippen molar-refractivity contribution in [2.24, 2.45) is 0 Å². The molecule has 1 aliphatic rings. The van der Waals surface area contributed by atoms with Crippen LogP contribution in [0.25, 0.3) is 0 Å². The first kappa shape index (κ1) is 10.5. The van der Waals surface area contributed by atoms with E-state index in [2.05, 4.69) is 9.88 Å². The molecular formula is C11H14F2N2. The minimum Gasteiger partial charge on any atom is -0.299 e. The lowest BCUT2D eigenvalue weighted by molar-refractivity contribution is 0.146. The highest BCUT2D eigenvalue weighted by Gasteiger charge is 2.13. The normalized spacial score (nSPS) is 17.5. The lowest BCUT2D eigenvalue weighted by Crippen LogP contribution is -2.18. The summed E-state index contributed by atoms with van der Waals surface area (Å²) in [6.45, 7) is 2.92. The number of hydrogen-bond donors (Lipinski definition) is 0. The number of alkyl halides is 2. The Kier molecular flexibility index (Phi) is 3.26. The van der Waals surface area contributed by atoms with Gasteiger partial charge in [-0.05, 0) is 43.6 Å². The van der Waals surface area contributed by atoms with Gasteiger partial charge in [-0.25, -0.2) is 8.78 Å². The number of hydrogen-bond acceptors (Lipinski definition) is 2. The van der Waals surface area contributed by atoms with Crippen molar-refractivity contribution in [2.45, 2.75) is 25.8 Å². The van der Waals surface area contributed by atoms with Gasteiger partial charge in [-0.1, -0.05) is 0 Å². The Hall–Kier alpha value is -1.03. The predicted molar refractivity (Wildman–Crippen MR) is 53.7 cm³/mol. The second-order valence-corrected chi connectivity index (χ2v) is 3.87. The molecule has 82 valence electrons. The molecule has 0 bridgehead atoms. The van der Waals surface area contributed by atoms with Crippen molar-refractivity contribution in [3.05, 3.63) is 29.6 Å². The molecule has 2 rings (SSSR count). The molecule has 1 aliphatic heterocycles. The topological polar surface area (TPSA) is 16.1 Å². The van der Waals surface area contributed by atoms with E-state index in [9.17, 15) is 8.78 Å². The van der Waals surface area contributed by atoms with Crippen LogP contribution >= 0.6 is 0 Å². The molecule has 0 radical (unpaired) electrons. The summed E-state index contributed by atoms with van der Waals surface area (Å²) in [5, 5.41) is 0. The number of pyridine rings is 1. The van der Waals surface area contributed by atoms with Crippen LogP contribution in [0.3, 0.4) is 0 Å². The molecule has 0 N–H and O–H groups in total. The molecular weight excluding hydrogens is 198 g/mol. The minimum absolute atomic E-state index is 0.119. The summed E-state index contributed by atoms with van der Waals surface area (Å²) in [6, 6.07) is 3.31. The van der Waals surface area contributed by atoms with E-state index in [4.69, 9.17) is 0 Å². The highest BCUT2D eigenvalue weighted by Crippen LogP contribution is 2.18. The molecule has 4 heteroatoms. The maximum Gasteiger partial charge on any atom is 0.280 e. The van der Waals surface area contributed by atoms with E-state index in [0.717, 1.165) is 25.2 Å². The summed E-state index contributed by atoms with van der Waals surface area (Å²) in [4.78, 5) is 5.93. The minimum atomic E-state index is -2.47. The number of aromatic nitrogens is 1. The molecule has 1 fully saturated rings. The zero-order valence-corrected chi connectivity index (χ0v) is 8.50. The molecule has 0 unspecified atom stereocenters. The SMILES string of the molecule is FC(F)c1cc(CN2CCCC2)ccn1. The van der Waals surface area contributed by atoms with Crippen LogP contribution in [0.4, 0.5) is 8.78 Å². The summed E-state index contributed by atoms with van der Waals surface area (Å²) in [7, 11) is 0. The van der Waals surface area contributed by atoms with Crippen LogP contribution in [0.5, 0.6) is 0 Å². The molecule has 0 aliphatic carbocycles. The number of nitrogens with zero attached hydrogens (tertiary/aromatic N) is 2. The van der Waals surface area contributed by atoms with Crippen molar-refractivity contribution < 1.29 is 8.78 Å². The van der Waals surface area contributed by atoms with E-state index in [1.165, 1.54) is 25.1 Å². The summed E-state index contributed by atoms with van der Waals surface area (Å²) in [5.74, 6) is 0. The van der Waals surface area contributed by atoms with Gasteiger partial charge < -0.3 is 0 Å². The molecule has 0 atom stereocenters. The van der Waals surface area contributed by atoms with Crippen molar-refractivity contribution in [3.8, 4) is 0 Å². The second kappa shape index (κ2) is 4.66. The van der Waals surface area contributed by atoms with Gasteiger partial charge in [-0.15, -0.1) is 0 Å². The molecule has 2 heterocycles. The van der Waals surface area contributed by atoms with Crippen LogP contribution < -0.4 is 0 Å². The van der Waals surface area contributed by atoms with E-state index in [0.29, 0.717) is 0 Å². The summed E-state index contributed by atoms with van der Waals surface area (Å²) in [5.41, 5.74) is 0.814. The lowest BCUT2D eigenvalue weighted by Gasteiger charge is -2.14. The Morgan fingerprint density at radius 2 is 2.07 bits per heavy atom. The Morgan fingerprint density at radius 1 is 1.33 bits per heavy atom. The van der Waals surface area contributed by atoms with Crippen molar-refractivity contribution in [1.82, 2.24) is 9.88 Å². The first-order valence-corrected chi connectivity index (χ1v) is 5.21. The largest absolute Gasteiger partial charge is 0.299 e. The van der Waals surface area contributed by atoms with Gasteiger partial charge in [0.15, 0.2) is 0 Å². The van der Waals surface area contributed by atoms with Crippen LogP contribution in [-0.4, -0.2) is 23.0 Å². The third-order valence-corrected chi connectivity index (χ3v) is 2.67. The Balaban J connectivity index is 2.04. The molecule has 0 aromatic carbocycles. The highest BCUT2D eigenvalue weighted by atomic mass is 19.3. The van der Waals surface area contributed by atoms with Gasteiger partial charge in [0.05, 0.1) is 0 Å². The van der Waals surface area contributed by atoms with Crippen LogP contribution in [0, 0.1) is 0 Å². The standard InChI is InChI=1S/C11H14F2N2/c12-11(13)10-7-9(3-4-14-10)8-15-5-1-2-6-15/h3-4,7,11H,1-2,5-6,8H2. The van der Waals surface area contributed by atoms with E-state index < -0.39 is 6.43 Å². The monoisotopic (exact) mass is 212 g/mol. The molecule has 1 aromatic heterocycles. The molecule has 0 spiro atoms. The number of halogens is 2. The first-order chi connectivity index (χ1) is 7.25. The van der Waals surface area contributed by atoms with Gasteiger partial charge in [0, 0.05) is 12.7 Å². The van der Waals surface area contributed by atoms with Crippen LogP contribution in [0.2, 0.25) is 0 Å². The first-order valence-electron chi connectivity index (χ1n) is 5.21. The third-order valence-electron chi connectivity index (χ3n) is 2.67. The van der Waals surface area contributed by atoms with Gasteiger partial charge in [0.25, 0.3) is 6.43 Å². The fourth-order valence-electron chi connectivity index (χ4n) is 1.91. The molecule has 2 nitrogen and oxygen atoms in total. The van der Waals surface area contributed by atoms with Crippen molar-refractivity contribution in [1.29, 1.82) is 0 Å². The fourth-order valence-corrected chi connectivity index (χ4v) is 1.91. The van der Waals surface area contributed by atoms with Crippen molar-refractivity contribution in [2.75, 3.05) is 13.1 Å². The quantitative estimate of drug-likeness (QED) is 0.765. The maximum absolute atomic E-state index is 12.4. The average molecular weight is 212 g/mol. The average Bonchev–Trinajstić information content (AvgIpc) is 2.71. The van der Waals surface area contributed by atoms with Gasteiger partial charge >= 0.3 is 0 Å². The van der Waals surface area contributed by atoms with Gasteiger partial charge in [-0.2, -0.15) is 0 Å². The van der Waals surface area contributed by atoms with Crippen LogP contribution in [0.15, 0.2) is 18.3 Å². The van der Waals surface area contributed by atoms with Crippen molar-refractivity contribution in [3.63, 3.8) is 0 Å². The van der Waals surface area contributed by atoms with E-state index in [1.807, 2.05) is 6.07 Å².